The van der Waals surface area contributed by atoms with E-state index >= 15 is 0 Å². The van der Waals surface area contributed by atoms with Crippen LogP contribution in [-0.2, 0) is 47.8 Å². The third kappa shape index (κ3) is 34.1. The van der Waals surface area contributed by atoms with Gasteiger partial charge in [0.25, 0.3) is 0 Å². The molecule has 34 heavy (non-hydrogen) atoms. The zero-order valence-electron chi connectivity index (χ0n) is 22.3. The Morgan fingerprint density at radius 2 is 0.912 bits per heavy atom. The second kappa shape index (κ2) is 29.2. The van der Waals surface area contributed by atoms with E-state index in [1.807, 2.05) is 24.3 Å². The van der Waals surface area contributed by atoms with E-state index in [4.69, 9.17) is 0 Å². The number of hydrogen-bond acceptors (Lipinski definition) is 0. The van der Waals surface area contributed by atoms with Gasteiger partial charge in [-0.15, -0.1) is 64.3 Å². The third-order valence-corrected chi connectivity index (χ3v) is 3.89. The van der Waals surface area contributed by atoms with E-state index < -0.39 is 0 Å². The van der Waals surface area contributed by atoms with Gasteiger partial charge in [-0.05, 0) is 0 Å². The fourth-order valence-corrected chi connectivity index (χ4v) is 1.92. The number of rotatable bonds is 0. The van der Waals surface area contributed by atoms with Gasteiger partial charge in [0.1, 0.15) is 0 Å². The van der Waals surface area contributed by atoms with Gasteiger partial charge in [0.05, 0.1) is 0 Å². The van der Waals surface area contributed by atoms with Crippen molar-refractivity contribution in [2.24, 2.45) is 0 Å². The molecule has 0 radical (unpaired) electrons. The van der Waals surface area contributed by atoms with Crippen LogP contribution in [0.3, 0.4) is 0 Å². The number of halogens is 2. The van der Waals surface area contributed by atoms with Crippen LogP contribution in [0.25, 0.3) is 0 Å². The van der Waals surface area contributed by atoms with Gasteiger partial charge in [0, 0.05) is 0 Å². The first kappa shape index (κ1) is 41.1. The van der Waals surface area contributed by atoms with E-state index in [1.54, 1.807) is 6.51 Å². The van der Waals surface area contributed by atoms with Crippen LogP contribution < -0.4 is 0 Å². The summed E-state index contributed by atoms with van der Waals surface area (Å²) in [5.41, 5.74) is 5.69. The monoisotopic (exact) mass is 832 g/mol. The molecule has 0 fully saturated rings. The van der Waals surface area contributed by atoms with Gasteiger partial charge in [-0.2, -0.15) is 23.3 Å². The molecule has 0 aromatic rings. The van der Waals surface area contributed by atoms with Gasteiger partial charge < -0.3 is 0 Å². The van der Waals surface area contributed by atoms with Gasteiger partial charge in [-0.25, -0.2) is 47.6 Å². The summed E-state index contributed by atoms with van der Waals surface area (Å²) in [5.74, 6) is 0. The second-order valence-electron chi connectivity index (χ2n) is 7.98. The van der Waals surface area contributed by atoms with Gasteiger partial charge in [-0.1, -0.05) is 13.8 Å². The van der Waals surface area contributed by atoms with E-state index in [-0.39, 0.29) is 24.8 Å². The van der Waals surface area contributed by atoms with Gasteiger partial charge in [0.2, 0.25) is 0 Å². The predicted octanol–water partition coefficient (Wildman–Crippen LogP) is 9.12. The zero-order valence-corrected chi connectivity index (χ0v) is 31.1. The Bertz CT molecular complexity index is 706. The fourth-order valence-electron chi connectivity index (χ4n) is 1.92. The molecule has 0 N–H and O–H groups in total. The number of hydrogen-bond donors (Lipinski definition) is 0. The summed E-state index contributed by atoms with van der Waals surface area (Å²) in [5, 5.41) is 0. The fraction of sp³-hybridized carbons (Fsp3) is 0.400. The largest absolute Gasteiger partial charge is 0.273 e. The summed E-state index contributed by atoms with van der Waals surface area (Å²) >= 11 is 2.53. The summed E-state index contributed by atoms with van der Waals surface area (Å²) in [6, 6.07) is 0. The van der Waals surface area contributed by atoms with Crippen LogP contribution in [0.2, 0.25) is 0 Å². The molecule has 0 saturated carbocycles. The van der Waals surface area contributed by atoms with Crippen molar-refractivity contribution in [2.75, 3.05) is 0 Å². The summed E-state index contributed by atoms with van der Waals surface area (Å²) in [4.78, 5) is 0. The van der Waals surface area contributed by atoms with Gasteiger partial charge >= 0.3 is 82.0 Å². The third-order valence-electron chi connectivity index (χ3n) is 3.89. The maximum absolute atomic E-state index is 3.12. The molecule has 0 aliphatic heterocycles. The van der Waals surface area contributed by atoms with Crippen molar-refractivity contribution >= 4 is 31.3 Å². The molecule has 0 bridgehead atoms. The molecule has 0 saturated heterocycles. The Labute approximate surface area is 253 Å². The van der Waals surface area contributed by atoms with Crippen LogP contribution in [0.1, 0.15) is 81.1 Å². The van der Waals surface area contributed by atoms with E-state index in [9.17, 15) is 0 Å². The van der Waals surface area contributed by atoms with E-state index in [0.717, 1.165) is 25.7 Å². The molecule has 0 unspecified atom stereocenters. The standard InChI is InChI=1S/2C7H9.2C5H5.2C3H6.2ClH.2Hf/c2*1-6-4-3-5-7(6)2;2*1-2-4-5-3-1;2*1-3-2;;;;/h2*4H,5H2,1-2H3;2*1-3H,4H2;2*1-2H3;2*1H;;/q4*-1;;;;;2*+2. The van der Waals surface area contributed by atoms with Gasteiger partial charge in [-0.3, -0.25) is 24.3 Å². The second-order valence-corrected chi connectivity index (χ2v) is 15.2. The van der Waals surface area contributed by atoms with Gasteiger partial charge in [0.15, 0.2) is 0 Å². The molecule has 4 heteroatoms. The topological polar surface area (TPSA) is 0 Å². The van der Waals surface area contributed by atoms with Crippen LogP contribution in [0.5, 0.6) is 0 Å². The van der Waals surface area contributed by atoms with Crippen molar-refractivity contribution in [3.05, 3.63) is 95.2 Å². The number of allylic oxidation sites excluding steroid dienone is 16. The Morgan fingerprint density at radius 1 is 0.618 bits per heavy atom. The zero-order chi connectivity index (χ0) is 24.8. The molecule has 4 aliphatic carbocycles. The quantitative estimate of drug-likeness (QED) is 0.169. The van der Waals surface area contributed by atoms with Crippen LogP contribution in [-0.4, -0.2) is 6.51 Å². The SMILES string of the molecule is CC1=C(C)C[C-]=C1.CC1=C(C)C[C-]=C1.C[C](C)=[Hf+2].C[C](C)=[Hf+2].Cl.Cl.[C-]1=CC=CC1.[C-]1=CC=CC1. The van der Waals surface area contributed by atoms with Crippen LogP contribution in [0.15, 0.2) is 70.9 Å². The van der Waals surface area contributed by atoms with Crippen molar-refractivity contribution in [3.8, 4) is 0 Å². The molecule has 0 atom stereocenters. The molecular formula is C30H42Cl2Hf2. The normalized spacial score (nSPS) is 14.7. The minimum Gasteiger partial charge on any atom is -0.273 e. The van der Waals surface area contributed by atoms with Crippen molar-refractivity contribution in [3.63, 3.8) is 0 Å². The van der Waals surface area contributed by atoms with Crippen molar-refractivity contribution in [1.82, 2.24) is 0 Å². The van der Waals surface area contributed by atoms with Crippen LogP contribution in [0, 0.1) is 24.3 Å². The molecule has 0 spiro atoms. The molecule has 0 heterocycles. The molecule has 0 aromatic heterocycles. The molecule has 0 amide bonds. The first-order valence-electron chi connectivity index (χ1n) is 11.0. The minimum atomic E-state index is 0. The Kier molecular flexibility index (Phi) is 35.3. The first-order chi connectivity index (χ1) is 15.1. The Balaban J connectivity index is -0.000000160. The maximum Gasteiger partial charge on any atom is -0.109 e. The van der Waals surface area contributed by atoms with E-state index in [0.29, 0.717) is 0 Å². The Morgan fingerprint density at radius 3 is 0.971 bits per heavy atom. The van der Waals surface area contributed by atoms with E-state index in [2.05, 4.69) is 104 Å². The molecule has 4 rings (SSSR count). The maximum atomic E-state index is 3.12. The molecule has 0 nitrogen and oxygen atoms in total. The average Bonchev–Trinajstić information content (AvgIpc) is 3.50. The molecule has 184 valence electrons. The molecule has 4 aliphatic rings. The summed E-state index contributed by atoms with van der Waals surface area (Å²) in [6.07, 6.45) is 32.4. The van der Waals surface area contributed by atoms with E-state index in [1.165, 1.54) is 70.1 Å². The minimum absolute atomic E-state index is 0. The molecule has 0 aromatic carbocycles. The van der Waals surface area contributed by atoms with Crippen LogP contribution in [0.4, 0.5) is 0 Å². The summed E-state index contributed by atoms with van der Waals surface area (Å²) in [7, 11) is 0. The smallest absolute Gasteiger partial charge is 0.109 e. The van der Waals surface area contributed by atoms with Crippen molar-refractivity contribution in [1.29, 1.82) is 0 Å². The predicted molar refractivity (Wildman–Crippen MR) is 152 cm³/mol. The van der Waals surface area contributed by atoms with Crippen LogP contribution >= 0.6 is 24.8 Å². The Hall–Kier alpha value is -0.0197. The average molecular weight is 831 g/mol. The van der Waals surface area contributed by atoms with Crippen molar-refractivity contribution < 1.29 is 47.8 Å². The first-order valence-corrected chi connectivity index (χ1v) is 14.6. The molecular weight excluding hydrogens is 788 g/mol. The summed E-state index contributed by atoms with van der Waals surface area (Å²) in [6.45, 7) is 17.1. The van der Waals surface area contributed by atoms with Crippen molar-refractivity contribution in [2.45, 2.75) is 81.1 Å². The summed E-state index contributed by atoms with van der Waals surface area (Å²) < 4.78 is 3.11.